The third kappa shape index (κ3) is 2.81. The lowest BCUT2D eigenvalue weighted by atomic mass is 9.46. The Labute approximate surface area is 203 Å². The van der Waals surface area contributed by atoms with Gasteiger partial charge in [-0.2, -0.15) is 9.49 Å². The predicted octanol–water partition coefficient (Wildman–Crippen LogP) is 3.54. The van der Waals surface area contributed by atoms with Crippen molar-refractivity contribution >= 4 is 12.0 Å². The van der Waals surface area contributed by atoms with Crippen LogP contribution in [0.2, 0.25) is 0 Å². The first-order chi connectivity index (χ1) is 16.5. The molecule has 0 radical (unpaired) electrons. The van der Waals surface area contributed by atoms with Crippen molar-refractivity contribution in [2.75, 3.05) is 0 Å². The minimum absolute atomic E-state index is 0.0280. The van der Waals surface area contributed by atoms with Crippen molar-refractivity contribution in [1.82, 2.24) is 14.8 Å². The number of hydrogen-bond acceptors (Lipinski definition) is 5. The number of fused-ring (bicyclic) bond motifs is 6. The van der Waals surface area contributed by atoms with Crippen molar-refractivity contribution in [3.05, 3.63) is 59.0 Å². The molecule has 4 aliphatic rings. The van der Waals surface area contributed by atoms with Gasteiger partial charge in [-0.25, -0.2) is 14.5 Å². The van der Waals surface area contributed by atoms with Crippen LogP contribution >= 0.6 is 0 Å². The highest BCUT2D eigenvalue weighted by Crippen LogP contribution is 2.67. The Hall–Kier alpha value is -2.84. The van der Waals surface area contributed by atoms with Crippen LogP contribution in [-0.2, 0) is 11.2 Å². The van der Waals surface area contributed by atoms with Gasteiger partial charge in [-0.3, -0.25) is 0 Å². The lowest BCUT2D eigenvalue weighted by molar-refractivity contribution is -0.188. The van der Waals surface area contributed by atoms with Gasteiger partial charge in [0.25, 0.3) is 0 Å². The molecule has 0 aliphatic heterocycles. The number of rotatable bonds is 2. The van der Waals surface area contributed by atoms with Crippen LogP contribution in [0.25, 0.3) is 11.8 Å². The molecule has 7 atom stereocenters. The number of carboxylic acids is 1. The van der Waals surface area contributed by atoms with Crippen LogP contribution in [-0.4, -0.2) is 47.8 Å². The van der Waals surface area contributed by atoms with E-state index in [-0.39, 0.29) is 36.0 Å². The summed E-state index contributed by atoms with van der Waals surface area (Å²) in [4.78, 5) is 15.9. The van der Waals surface area contributed by atoms with Gasteiger partial charge < -0.3 is 15.3 Å². The van der Waals surface area contributed by atoms with Gasteiger partial charge in [-0.1, -0.05) is 25.5 Å². The maximum Gasteiger partial charge on any atom is 0.336 e. The number of carboxylic acid groups (broad SMARTS) is 1. The lowest BCUT2D eigenvalue weighted by Gasteiger charge is -2.59. The average Bonchev–Trinajstić information content (AvgIpc) is 3.31. The van der Waals surface area contributed by atoms with E-state index in [1.165, 1.54) is 12.3 Å². The smallest absolute Gasteiger partial charge is 0.336 e. The monoisotopic (exact) mass is 479 g/mol. The van der Waals surface area contributed by atoms with Crippen LogP contribution in [0.15, 0.2) is 41.7 Å². The van der Waals surface area contributed by atoms with Crippen molar-refractivity contribution < 1.29 is 24.5 Å². The van der Waals surface area contributed by atoms with Gasteiger partial charge in [0.15, 0.2) is 5.60 Å². The zero-order valence-electron chi connectivity index (χ0n) is 20.1. The normalized spacial score (nSPS) is 39.6. The van der Waals surface area contributed by atoms with Gasteiger partial charge in [0.1, 0.15) is 0 Å². The van der Waals surface area contributed by atoms with Gasteiger partial charge in [-0.15, -0.1) is 0 Å². The quantitative estimate of drug-likeness (QED) is 0.569. The third-order valence-electron chi connectivity index (χ3n) is 9.76. The Morgan fingerprint density at radius 3 is 2.71 bits per heavy atom. The van der Waals surface area contributed by atoms with E-state index in [1.807, 2.05) is 13.1 Å². The van der Waals surface area contributed by atoms with Gasteiger partial charge in [-0.05, 0) is 73.8 Å². The van der Waals surface area contributed by atoms with Gasteiger partial charge in [0, 0.05) is 16.7 Å². The molecule has 2 heterocycles. The molecule has 2 unspecified atom stereocenters. The van der Waals surface area contributed by atoms with E-state index in [1.54, 1.807) is 10.7 Å². The Morgan fingerprint density at radius 2 is 2.03 bits per heavy atom. The number of carbonyl (C=O) groups is 1. The maximum absolute atomic E-state index is 13.4. The molecule has 2 aromatic rings. The number of aliphatic hydroxyl groups excluding tert-OH is 1. The summed E-state index contributed by atoms with van der Waals surface area (Å²) in [6.45, 7) is 6.11. The number of hydrogen-bond donors (Lipinski definition) is 3. The second kappa shape index (κ2) is 7.11. The number of aliphatic hydroxyl groups is 2. The number of nitrogens with zero attached hydrogens (tertiary/aromatic N) is 3. The first-order valence-corrected chi connectivity index (χ1v) is 12.2. The Kier molecular flexibility index (Phi) is 4.59. The van der Waals surface area contributed by atoms with Crippen LogP contribution in [0, 0.1) is 34.5 Å². The van der Waals surface area contributed by atoms with Gasteiger partial charge in [0.2, 0.25) is 5.95 Å². The Balaban J connectivity index is 1.45. The molecule has 8 heteroatoms. The highest BCUT2D eigenvalue weighted by molar-refractivity contribution is 5.79. The molecule has 0 aromatic carbocycles. The minimum atomic E-state index is -1.83. The predicted molar refractivity (Wildman–Crippen MR) is 126 cm³/mol. The lowest BCUT2D eigenvalue weighted by Crippen LogP contribution is -2.61. The first kappa shape index (κ1) is 22.6. The molecular formula is C27H30FN3O4. The number of aliphatic carboxylic acids is 1. The van der Waals surface area contributed by atoms with Crippen LogP contribution in [0.1, 0.15) is 51.3 Å². The maximum atomic E-state index is 13.4. The highest BCUT2D eigenvalue weighted by atomic mass is 19.1. The highest BCUT2D eigenvalue weighted by Gasteiger charge is 2.68. The summed E-state index contributed by atoms with van der Waals surface area (Å²) in [6.07, 6.45) is 8.62. The second-order valence-corrected chi connectivity index (χ2v) is 11.4. The molecule has 0 bridgehead atoms. The van der Waals surface area contributed by atoms with E-state index in [4.69, 9.17) is 0 Å². The van der Waals surface area contributed by atoms with Gasteiger partial charge >= 0.3 is 5.97 Å². The molecule has 7 nitrogen and oxygen atoms in total. The molecule has 4 aliphatic carbocycles. The molecule has 3 N–H and O–H groups in total. The zero-order valence-corrected chi connectivity index (χ0v) is 20.1. The van der Waals surface area contributed by atoms with Crippen LogP contribution < -0.4 is 0 Å². The van der Waals surface area contributed by atoms with Crippen LogP contribution in [0.3, 0.4) is 0 Å². The molecule has 2 fully saturated rings. The van der Waals surface area contributed by atoms with E-state index in [0.717, 1.165) is 22.4 Å². The summed E-state index contributed by atoms with van der Waals surface area (Å²) in [7, 11) is 0. The van der Waals surface area contributed by atoms with Crippen molar-refractivity contribution in [1.29, 1.82) is 0 Å². The molecule has 0 spiro atoms. The van der Waals surface area contributed by atoms with Crippen molar-refractivity contribution in [2.45, 2.75) is 58.2 Å². The van der Waals surface area contributed by atoms with Crippen molar-refractivity contribution in [3.63, 3.8) is 0 Å². The zero-order chi connectivity index (χ0) is 24.9. The standard InChI is InChI=1S/C27H30FN3O4/c1-14-8-17-18-6-7-27(35,24(33)34)26(18,3)11-21(32)23(17)25(2)10-15-12-30-31(20(15)9-19(14)25)16-4-5-22(28)29-13-16/h4-5,8-9,12-13,17-18,21,23,32,35H,6-7,10-11H2,1-3H3,(H,33,34)/t17-,18?,21-,23?,25-,26-,27-/m0/s1. The number of halogens is 1. The molecule has 0 saturated heterocycles. The SMILES string of the molecule is CC1=C[C@@H]2C([C@@H](O)C[C@@]3(C)C2CC[C@]3(O)C(=O)O)[C@@]2(C)Cc3cnn(-c4ccc(F)nc4)c3C=C12. The minimum Gasteiger partial charge on any atom is -0.479 e. The number of allylic oxidation sites excluding steroid dienone is 3. The summed E-state index contributed by atoms with van der Waals surface area (Å²) < 4.78 is 15.1. The average molecular weight is 480 g/mol. The number of aromatic nitrogens is 3. The topological polar surface area (TPSA) is 108 Å². The van der Waals surface area contributed by atoms with E-state index >= 15 is 0 Å². The first-order valence-electron chi connectivity index (χ1n) is 12.2. The second-order valence-electron chi connectivity index (χ2n) is 11.4. The van der Waals surface area contributed by atoms with Crippen LogP contribution in [0.5, 0.6) is 0 Å². The molecule has 2 saturated carbocycles. The van der Waals surface area contributed by atoms with Crippen molar-refractivity contribution in [3.8, 4) is 5.69 Å². The third-order valence-corrected chi connectivity index (χ3v) is 9.76. The summed E-state index contributed by atoms with van der Waals surface area (Å²) >= 11 is 0. The molecule has 2 aromatic heterocycles. The van der Waals surface area contributed by atoms with E-state index < -0.39 is 29.0 Å². The summed E-state index contributed by atoms with van der Waals surface area (Å²) in [5.41, 5.74) is 1.80. The van der Waals surface area contributed by atoms with Gasteiger partial charge in [0.05, 0.1) is 29.9 Å². The van der Waals surface area contributed by atoms with E-state index in [9.17, 15) is 24.5 Å². The van der Waals surface area contributed by atoms with E-state index in [0.29, 0.717) is 18.5 Å². The fourth-order valence-corrected chi connectivity index (χ4v) is 8.11. The van der Waals surface area contributed by atoms with Crippen molar-refractivity contribution in [2.24, 2.45) is 28.6 Å². The molecular weight excluding hydrogens is 449 g/mol. The summed E-state index contributed by atoms with van der Waals surface area (Å²) in [6, 6.07) is 2.96. The Morgan fingerprint density at radius 1 is 1.26 bits per heavy atom. The molecule has 35 heavy (non-hydrogen) atoms. The number of pyridine rings is 1. The molecule has 184 valence electrons. The molecule has 6 rings (SSSR count). The largest absolute Gasteiger partial charge is 0.479 e. The fourth-order valence-electron chi connectivity index (χ4n) is 8.11. The molecule has 0 amide bonds. The summed E-state index contributed by atoms with van der Waals surface area (Å²) in [5.74, 6) is -1.90. The van der Waals surface area contributed by atoms with Crippen LogP contribution in [0.4, 0.5) is 4.39 Å². The Bertz CT molecular complexity index is 1300. The fraction of sp³-hybridized carbons (Fsp3) is 0.519. The summed E-state index contributed by atoms with van der Waals surface area (Å²) in [5, 5.41) is 37.2. The van der Waals surface area contributed by atoms with E-state index in [2.05, 4.69) is 36.1 Å².